The summed E-state index contributed by atoms with van der Waals surface area (Å²) in [5.41, 5.74) is -9.69. The molecule has 2 bridgehead atoms. The number of esters is 1. The number of methoxy groups -OCH3 is 1. The fourth-order valence-corrected chi connectivity index (χ4v) is 10.3. The van der Waals surface area contributed by atoms with Gasteiger partial charge in [-0.3, -0.25) is 4.79 Å². The van der Waals surface area contributed by atoms with Gasteiger partial charge in [0.2, 0.25) is 11.4 Å². The molecule has 6 N–H and O–H groups in total. The maximum Gasteiger partial charge on any atom is 0.403 e. The SMILES string of the molecule is CC[C@H]1OC(=O)[C@@](C)(O)[C@]2(OC3C[C@@](C)(OC)[C@@H](O)[C@H](C)O3)OS(=O)(=O)OC([C@@H](C)C(=O)[C@H](C)[C@@H](O)[C@]1(C)O)[C@@](C)(O)[C@H](OC1O[C@@H](C)C[C@@H](N(C)C)[C@@H]1O)[C@H]2C. The lowest BCUT2D eigenvalue weighted by atomic mass is 9.70. The minimum Gasteiger partial charge on any atom is -0.457 e. The fourth-order valence-electron chi connectivity index (χ4n) is 8.95. The lowest BCUT2D eigenvalue weighted by Crippen LogP contribution is -2.74. The molecule has 5 fully saturated rings. The first-order chi connectivity index (χ1) is 25.9. The smallest absolute Gasteiger partial charge is 0.403 e. The molecule has 0 aromatic rings. The van der Waals surface area contributed by atoms with Gasteiger partial charge in [-0.05, 0) is 68.5 Å². The van der Waals surface area contributed by atoms with E-state index >= 15 is 0 Å². The molecule has 19 nitrogen and oxygen atoms in total. The van der Waals surface area contributed by atoms with E-state index in [1.165, 1.54) is 48.7 Å². The zero-order valence-electron chi connectivity index (χ0n) is 35.1. The second kappa shape index (κ2) is 16.8. The summed E-state index contributed by atoms with van der Waals surface area (Å²) in [4.78, 5) is 30.5. The quantitative estimate of drug-likeness (QED) is 0.176. The third-order valence-corrected chi connectivity index (χ3v) is 13.7. The molecule has 3 unspecified atom stereocenters. The molecule has 57 heavy (non-hydrogen) atoms. The van der Waals surface area contributed by atoms with Gasteiger partial charge in [0.1, 0.15) is 41.4 Å². The Labute approximate surface area is 335 Å². The Hall–Kier alpha value is -1.47. The number of nitrogens with zero attached hydrogens (tertiary/aromatic N) is 1. The monoisotopic (exact) mass is 843 g/mol. The molecule has 0 spiro atoms. The summed E-state index contributed by atoms with van der Waals surface area (Å²) in [6, 6.07) is -0.551. The van der Waals surface area contributed by atoms with E-state index in [1.807, 2.05) is 0 Å². The highest BCUT2D eigenvalue weighted by Gasteiger charge is 2.70. The number of fused-ring (bicyclic) bond motifs is 12. The number of aliphatic hydroxyl groups is 6. The molecule has 5 aliphatic rings. The topological polar surface area (TPSA) is 267 Å². The van der Waals surface area contributed by atoms with E-state index in [4.69, 9.17) is 36.8 Å². The molecule has 0 aromatic carbocycles. The Morgan fingerprint density at radius 1 is 0.895 bits per heavy atom. The van der Waals surface area contributed by atoms with E-state index in [-0.39, 0.29) is 12.8 Å². The third-order valence-electron chi connectivity index (χ3n) is 12.8. The van der Waals surface area contributed by atoms with E-state index in [0.717, 1.165) is 20.8 Å². The average Bonchev–Trinajstić information content (AvgIpc) is 3.11. The number of hydrogen-bond donors (Lipinski definition) is 6. The van der Waals surface area contributed by atoms with Crippen LogP contribution in [0, 0.1) is 17.8 Å². The van der Waals surface area contributed by atoms with Crippen LogP contribution >= 0.6 is 0 Å². The first-order valence-electron chi connectivity index (χ1n) is 19.4. The Kier molecular flexibility index (Phi) is 14.2. The molecule has 5 aliphatic heterocycles. The van der Waals surface area contributed by atoms with Crippen molar-refractivity contribution in [2.75, 3.05) is 21.2 Å². The number of rotatable bonds is 7. The summed E-state index contributed by atoms with van der Waals surface area (Å²) >= 11 is 0. The van der Waals surface area contributed by atoms with Crippen molar-refractivity contribution in [3.8, 4) is 0 Å². The molecule has 0 aliphatic carbocycles. The van der Waals surface area contributed by atoms with Gasteiger partial charge >= 0.3 is 16.4 Å². The molecule has 0 saturated carbocycles. The van der Waals surface area contributed by atoms with E-state index in [2.05, 4.69) is 0 Å². The molecule has 0 amide bonds. The average molecular weight is 844 g/mol. The van der Waals surface area contributed by atoms with Crippen molar-refractivity contribution in [1.82, 2.24) is 4.90 Å². The standard InChI is InChI=1S/C37H65NO18S/c1-14-23-34(8,44)27(41)18(3)25(39)19(4)29-35(9,45)30(53-31-26(40)22(38(11)12)15-17(2)50-31)20(5)37(56-57(47,48)55-29,36(10,46)32(43)52-23)54-24-16-33(7,49-13)28(42)21(6)51-24/h17-24,26-31,40-42,44-46H,14-16H2,1-13H3/t17-,18-,19-,20+,21-,22+,23+,24?,26-,27+,28-,29?,30+,31?,33+,34+,35+,36+,37+/m0/s1. The first-order valence-corrected chi connectivity index (χ1v) is 20.7. The summed E-state index contributed by atoms with van der Waals surface area (Å²) in [5, 5.41) is 71.2. The number of hydrogen-bond acceptors (Lipinski definition) is 19. The highest BCUT2D eigenvalue weighted by atomic mass is 32.3. The summed E-state index contributed by atoms with van der Waals surface area (Å²) in [6.45, 7) is 13.0. The van der Waals surface area contributed by atoms with Gasteiger partial charge < -0.3 is 64.0 Å². The molecule has 5 saturated heterocycles. The minimum atomic E-state index is -5.58. The normalized spacial score (nSPS) is 51.6. The number of aliphatic hydroxyl groups excluding tert-OH is 3. The molecule has 332 valence electrons. The van der Waals surface area contributed by atoms with Crippen molar-refractivity contribution in [3.05, 3.63) is 0 Å². The van der Waals surface area contributed by atoms with Crippen molar-refractivity contribution in [3.63, 3.8) is 0 Å². The van der Waals surface area contributed by atoms with Gasteiger partial charge in [-0.25, -0.2) is 13.2 Å². The predicted molar refractivity (Wildman–Crippen MR) is 197 cm³/mol. The van der Waals surface area contributed by atoms with E-state index < -0.39 is 136 Å². The van der Waals surface area contributed by atoms with Gasteiger partial charge in [-0.1, -0.05) is 27.7 Å². The molecule has 0 aromatic heterocycles. The van der Waals surface area contributed by atoms with Crippen LogP contribution in [0.15, 0.2) is 0 Å². The summed E-state index contributed by atoms with van der Waals surface area (Å²) in [6.07, 6.45) is -15.2. The Balaban J connectivity index is 2.08. The van der Waals surface area contributed by atoms with Crippen LogP contribution in [0.3, 0.4) is 0 Å². The van der Waals surface area contributed by atoms with Crippen molar-refractivity contribution in [1.29, 1.82) is 0 Å². The number of ketones is 1. The van der Waals surface area contributed by atoms with Crippen LogP contribution in [0.2, 0.25) is 0 Å². The van der Waals surface area contributed by atoms with Crippen molar-refractivity contribution >= 4 is 22.2 Å². The predicted octanol–water partition coefficient (Wildman–Crippen LogP) is -0.502. The molecular formula is C37H65NO18S. The minimum absolute atomic E-state index is 0.174. The highest BCUT2D eigenvalue weighted by Crippen LogP contribution is 2.50. The highest BCUT2D eigenvalue weighted by molar-refractivity contribution is 7.81. The van der Waals surface area contributed by atoms with Crippen LogP contribution in [0.1, 0.15) is 88.5 Å². The Bertz CT molecular complexity index is 1560. The van der Waals surface area contributed by atoms with Gasteiger partial charge in [-0.15, -0.1) is 0 Å². The van der Waals surface area contributed by atoms with Crippen LogP contribution < -0.4 is 0 Å². The summed E-state index contributed by atoms with van der Waals surface area (Å²) in [7, 11) is -0.811. The maximum atomic E-state index is 14.5. The lowest BCUT2D eigenvalue weighted by molar-refractivity contribution is -0.401. The Morgan fingerprint density at radius 3 is 2.04 bits per heavy atom. The van der Waals surface area contributed by atoms with Gasteiger partial charge in [0.25, 0.3) is 0 Å². The van der Waals surface area contributed by atoms with Crippen LogP contribution in [-0.4, -0.2) is 173 Å². The van der Waals surface area contributed by atoms with E-state index in [9.17, 15) is 48.6 Å². The third kappa shape index (κ3) is 8.70. The second-order valence-corrected chi connectivity index (χ2v) is 18.6. The summed E-state index contributed by atoms with van der Waals surface area (Å²) in [5.74, 6) is -10.7. The van der Waals surface area contributed by atoms with Crippen LogP contribution in [0.5, 0.6) is 0 Å². The fraction of sp³-hybridized carbons (Fsp3) is 0.946. The van der Waals surface area contributed by atoms with E-state index in [1.54, 1.807) is 25.9 Å². The number of ether oxygens (including phenoxy) is 6. The molecule has 5 rings (SSSR count). The summed E-state index contributed by atoms with van der Waals surface area (Å²) < 4.78 is 76.0. The number of carbonyl (C=O) groups is 2. The zero-order chi connectivity index (χ0) is 43.6. The van der Waals surface area contributed by atoms with Gasteiger partial charge in [-0.2, -0.15) is 8.42 Å². The number of carbonyl (C=O) groups excluding carboxylic acids is 2. The van der Waals surface area contributed by atoms with Gasteiger partial charge in [0.15, 0.2) is 12.6 Å². The number of Topliss-reactive ketones (excluding diaryl/α,β-unsaturated/α-hetero) is 1. The van der Waals surface area contributed by atoms with Crippen molar-refractivity contribution in [2.45, 2.75) is 184 Å². The van der Waals surface area contributed by atoms with Crippen LogP contribution in [0.25, 0.3) is 0 Å². The van der Waals surface area contributed by atoms with Crippen LogP contribution in [0.4, 0.5) is 0 Å². The van der Waals surface area contributed by atoms with Crippen LogP contribution in [-0.2, 0) is 56.8 Å². The largest absolute Gasteiger partial charge is 0.457 e. The molecule has 5 heterocycles. The molecule has 19 atom stereocenters. The second-order valence-electron chi connectivity index (χ2n) is 17.4. The van der Waals surface area contributed by atoms with Crippen molar-refractivity contribution < 1.29 is 85.4 Å². The Morgan fingerprint density at radius 2 is 1.49 bits per heavy atom. The first kappa shape index (κ1) is 48.2. The zero-order valence-corrected chi connectivity index (χ0v) is 36.0. The number of likely N-dealkylation sites (N-methyl/N-ethyl adjacent to an activating group) is 1. The van der Waals surface area contributed by atoms with Gasteiger partial charge in [0.05, 0.1) is 30.0 Å². The van der Waals surface area contributed by atoms with Crippen molar-refractivity contribution in [2.24, 2.45) is 17.8 Å². The lowest BCUT2D eigenvalue weighted by Gasteiger charge is -2.56. The molecule has 20 heteroatoms. The molecular weight excluding hydrogens is 778 g/mol. The van der Waals surface area contributed by atoms with Gasteiger partial charge in [0, 0.05) is 37.3 Å². The maximum absolute atomic E-state index is 14.5. The molecule has 0 radical (unpaired) electrons. The van der Waals surface area contributed by atoms with E-state index in [0.29, 0.717) is 6.42 Å².